The van der Waals surface area contributed by atoms with Crippen LogP contribution < -0.4 is 15.5 Å². The maximum Gasteiger partial charge on any atom is 0.253 e. The average molecular weight is 365 g/mol. The topological polar surface area (TPSA) is 78.5 Å². The van der Waals surface area contributed by atoms with Gasteiger partial charge in [-0.3, -0.25) is 14.4 Å². The largest absolute Gasteiger partial charge is 0.355 e. The summed E-state index contributed by atoms with van der Waals surface area (Å²) in [5.41, 5.74) is 2.84. The first-order valence-corrected chi connectivity index (χ1v) is 9.04. The fraction of sp³-hybridized carbons (Fsp3) is 0.286. The Morgan fingerprint density at radius 1 is 1.11 bits per heavy atom. The van der Waals surface area contributed by atoms with Gasteiger partial charge in [-0.25, -0.2) is 0 Å². The van der Waals surface area contributed by atoms with Crippen molar-refractivity contribution >= 4 is 29.1 Å². The van der Waals surface area contributed by atoms with Gasteiger partial charge in [0, 0.05) is 25.7 Å². The minimum atomic E-state index is -0.457. The summed E-state index contributed by atoms with van der Waals surface area (Å²) in [6.07, 6.45) is 1.09. The number of nitrogens with one attached hydrogen (secondary N) is 2. The lowest BCUT2D eigenvalue weighted by Gasteiger charge is -2.17. The van der Waals surface area contributed by atoms with Crippen LogP contribution in [0.25, 0.3) is 0 Å². The summed E-state index contributed by atoms with van der Waals surface area (Å²) in [6, 6.07) is 14.6. The van der Waals surface area contributed by atoms with Gasteiger partial charge < -0.3 is 15.5 Å². The highest BCUT2D eigenvalue weighted by Crippen LogP contribution is 2.27. The van der Waals surface area contributed by atoms with Crippen LogP contribution in [0.15, 0.2) is 48.5 Å². The summed E-state index contributed by atoms with van der Waals surface area (Å²) in [6.45, 7) is 2.41. The number of para-hydroxylation sites is 1. The molecular formula is C21H23N3O3. The van der Waals surface area contributed by atoms with Crippen molar-refractivity contribution in [3.63, 3.8) is 0 Å². The van der Waals surface area contributed by atoms with Gasteiger partial charge in [0.25, 0.3) is 5.91 Å². The molecule has 0 unspecified atom stereocenters. The van der Waals surface area contributed by atoms with Crippen LogP contribution in [0.3, 0.4) is 0 Å². The van der Waals surface area contributed by atoms with Gasteiger partial charge in [0.2, 0.25) is 11.8 Å². The van der Waals surface area contributed by atoms with E-state index < -0.39 is 5.92 Å². The fourth-order valence-corrected chi connectivity index (χ4v) is 3.20. The van der Waals surface area contributed by atoms with Crippen molar-refractivity contribution < 1.29 is 14.4 Å². The first kappa shape index (κ1) is 18.6. The second kappa shape index (κ2) is 8.03. The van der Waals surface area contributed by atoms with Crippen molar-refractivity contribution in [1.29, 1.82) is 0 Å². The van der Waals surface area contributed by atoms with Crippen molar-refractivity contribution in [3.8, 4) is 0 Å². The molecule has 3 amide bonds. The monoisotopic (exact) mass is 365 g/mol. The van der Waals surface area contributed by atoms with Gasteiger partial charge in [-0.15, -0.1) is 0 Å². The summed E-state index contributed by atoms with van der Waals surface area (Å²) in [4.78, 5) is 38.7. The maximum absolute atomic E-state index is 12.7. The SMILES string of the molecule is CCc1ccc(N2C[C@H](C(=O)Nc3ccccc3C(=O)NC)CC2=O)cc1. The van der Waals surface area contributed by atoms with Crippen LogP contribution in [0.4, 0.5) is 11.4 Å². The summed E-state index contributed by atoms with van der Waals surface area (Å²) >= 11 is 0. The molecule has 0 bridgehead atoms. The zero-order valence-electron chi connectivity index (χ0n) is 15.5. The first-order chi connectivity index (χ1) is 13.0. The molecule has 2 aromatic rings. The lowest BCUT2D eigenvalue weighted by atomic mass is 10.1. The average Bonchev–Trinajstić information content (AvgIpc) is 3.09. The minimum absolute atomic E-state index is 0.0704. The van der Waals surface area contributed by atoms with Gasteiger partial charge in [-0.2, -0.15) is 0 Å². The van der Waals surface area contributed by atoms with E-state index in [1.807, 2.05) is 24.3 Å². The smallest absolute Gasteiger partial charge is 0.253 e. The minimum Gasteiger partial charge on any atom is -0.355 e. The van der Waals surface area contributed by atoms with Crippen LogP contribution in [0, 0.1) is 5.92 Å². The molecule has 2 aromatic carbocycles. The number of benzene rings is 2. The van der Waals surface area contributed by atoms with E-state index in [1.54, 1.807) is 29.2 Å². The Balaban J connectivity index is 1.72. The van der Waals surface area contributed by atoms with E-state index in [9.17, 15) is 14.4 Å². The fourth-order valence-electron chi connectivity index (χ4n) is 3.20. The van der Waals surface area contributed by atoms with Crippen molar-refractivity contribution in [2.45, 2.75) is 19.8 Å². The van der Waals surface area contributed by atoms with Gasteiger partial charge in [-0.1, -0.05) is 31.2 Å². The zero-order chi connectivity index (χ0) is 19.4. The van der Waals surface area contributed by atoms with Crippen LogP contribution in [-0.4, -0.2) is 31.3 Å². The zero-order valence-corrected chi connectivity index (χ0v) is 15.5. The predicted molar refractivity (Wildman–Crippen MR) is 105 cm³/mol. The van der Waals surface area contributed by atoms with E-state index in [1.165, 1.54) is 12.6 Å². The third kappa shape index (κ3) is 4.00. The highest BCUT2D eigenvalue weighted by atomic mass is 16.2. The number of carbonyl (C=O) groups excluding carboxylic acids is 3. The molecule has 1 fully saturated rings. The normalized spacial score (nSPS) is 16.3. The molecule has 2 N–H and O–H groups in total. The molecule has 6 heteroatoms. The second-order valence-electron chi connectivity index (χ2n) is 6.54. The van der Waals surface area contributed by atoms with Crippen molar-refractivity contribution in [3.05, 3.63) is 59.7 Å². The lowest BCUT2D eigenvalue weighted by molar-refractivity contribution is -0.122. The maximum atomic E-state index is 12.7. The van der Waals surface area contributed by atoms with Crippen LogP contribution >= 0.6 is 0 Å². The number of amides is 3. The van der Waals surface area contributed by atoms with Gasteiger partial charge in [0.1, 0.15) is 0 Å². The number of hydrogen-bond acceptors (Lipinski definition) is 3. The Bertz CT molecular complexity index is 861. The Kier molecular flexibility index (Phi) is 5.54. The molecule has 1 heterocycles. The van der Waals surface area contributed by atoms with Crippen LogP contribution in [0.5, 0.6) is 0 Å². The molecule has 0 aliphatic carbocycles. The number of anilines is 2. The highest BCUT2D eigenvalue weighted by Gasteiger charge is 2.35. The van der Waals surface area contributed by atoms with E-state index in [0.717, 1.165) is 12.1 Å². The highest BCUT2D eigenvalue weighted by molar-refractivity contribution is 6.07. The van der Waals surface area contributed by atoms with Crippen molar-refractivity contribution in [1.82, 2.24) is 5.32 Å². The Morgan fingerprint density at radius 2 is 1.81 bits per heavy atom. The van der Waals surface area contributed by atoms with E-state index in [-0.39, 0.29) is 24.1 Å². The quantitative estimate of drug-likeness (QED) is 0.855. The summed E-state index contributed by atoms with van der Waals surface area (Å²) in [5, 5.41) is 5.36. The molecule has 0 radical (unpaired) electrons. The molecule has 1 aliphatic rings. The summed E-state index contributed by atoms with van der Waals surface area (Å²) in [7, 11) is 1.54. The number of rotatable bonds is 5. The van der Waals surface area contributed by atoms with Crippen molar-refractivity contribution in [2.24, 2.45) is 5.92 Å². The Labute approximate surface area is 158 Å². The number of nitrogens with zero attached hydrogens (tertiary/aromatic N) is 1. The molecule has 27 heavy (non-hydrogen) atoms. The first-order valence-electron chi connectivity index (χ1n) is 9.04. The molecule has 1 atom stereocenters. The molecule has 3 rings (SSSR count). The predicted octanol–water partition coefficient (Wildman–Crippen LogP) is 2.60. The third-order valence-electron chi connectivity index (χ3n) is 4.81. The molecular weight excluding hydrogens is 342 g/mol. The number of carbonyl (C=O) groups is 3. The molecule has 6 nitrogen and oxygen atoms in total. The van der Waals surface area contributed by atoms with Crippen LogP contribution in [0.2, 0.25) is 0 Å². The molecule has 0 spiro atoms. The van der Waals surface area contributed by atoms with Crippen LogP contribution in [0.1, 0.15) is 29.3 Å². The summed E-state index contributed by atoms with van der Waals surface area (Å²) in [5.74, 6) is -1.06. The van der Waals surface area contributed by atoms with E-state index in [2.05, 4.69) is 17.6 Å². The molecule has 140 valence electrons. The van der Waals surface area contributed by atoms with Crippen LogP contribution in [-0.2, 0) is 16.0 Å². The van der Waals surface area contributed by atoms with E-state index in [0.29, 0.717) is 17.8 Å². The molecule has 1 aliphatic heterocycles. The van der Waals surface area contributed by atoms with E-state index in [4.69, 9.17) is 0 Å². The van der Waals surface area contributed by atoms with E-state index >= 15 is 0 Å². The third-order valence-corrected chi connectivity index (χ3v) is 4.81. The van der Waals surface area contributed by atoms with Gasteiger partial charge >= 0.3 is 0 Å². The summed E-state index contributed by atoms with van der Waals surface area (Å²) < 4.78 is 0. The Hall–Kier alpha value is -3.15. The standard InChI is InChI=1S/C21H23N3O3/c1-3-14-8-10-16(11-9-14)24-13-15(12-19(24)25)20(26)23-18-7-5-4-6-17(18)21(27)22-2/h4-11,15H,3,12-13H2,1-2H3,(H,22,27)(H,23,26)/t15-/m1/s1. The number of aryl methyl sites for hydroxylation is 1. The van der Waals surface area contributed by atoms with Gasteiger partial charge in [-0.05, 0) is 36.2 Å². The lowest BCUT2D eigenvalue weighted by Crippen LogP contribution is -2.29. The number of hydrogen-bond donors (Lipinski definition) is 2. The van der Waals surface area contributed by atoms with Crippen molar-refractivity contribution in [2.75, 3.05) is 23.8 Å². The second-order valence-corrected chi connectivity index (χ2v) is 6.54. The van der Waals surface area contributed by atoms with Gasteiger partial charge in [0.15, 0.2) is 0 Å². The van der Waals surface area contributed by atoms with Gasteiger partial charge in [0.05, 0.1) is 17.2 Å². The molecule has 1 saturated heterocycles. The molecule has 0 saturated carbocycles. The Morgan fingerprint density at radius 3 is 2.48 bits per heavy atom. The molecule has 0 aromatic heterocycles.